The third-order valence-electron chi connectivity index (χ3n) is 20.8. The first kappa shape index (κ1) is 62.8. The number of aliphatic hydroxyl groups is 16. The zero-order valence-corrected chi connectivity index (χ0v) is 46.1. The van der Waals surface area contributed by atoms with Crippen molar-refractivity contribution in [2.45, 2.75) is 253 Å². The van der Waals surface area contributed by atoms with Crippen molar-refractivity contribution in [1.29, 1.82) is 0 Å². The molecule has 8 aliphatic rings. The van der Waals surface area contributed by atoms with Gasteiger partial charge in [0.05, 0.1) is 50.3 Å². The van der Waals surface area contributed by atoms with Crippen LogP contribution >= 0.6 is 0 Å². The third-order valence-corrected chi connectivity index (χ3v) is 20.8. The molecule has 8 rings (SSSR count). The van der Waals surface area contributed by atoms with Crippen molar-refractivity contribution in [3.05, 3.63) is 11.6 Å². The van der Waals surface area contributed by atoms with E-state index in [0.717, 1.165) is 18.4 Å². The van der Waals surface area contributed by atoms with Gasteiger partial charge < -0.3 is 120 Å². The van der Waals surface area contributed by atoms with Crippen LogP contribution in [0.25, 0.3) is 0 Å². The summed E-state index contributed by atoms with van der Waals surface area (Å²) in [4.78, 5) is 0. The molecule has 78 heavy (non-hydrogen) atoms. The average Bonchev–Trinajstić information content (AvgIpc) is 3.07. The summed E-state index contributed by atoms with van der Waals surface area (Å²) >= 11 is 0. The second-order valence-corrected chi connectivity index (χ2v) is 25.8. The van der Waals surface area contributed by atoms with E-state index >= 15 is 0 Å². The molecule has 3 unspecified atom stereocenters. The van der Waals surface area contributed by atoms with E-state index in [9.17, 15) is 81.7 Å². The molecule has 24 heteroatoms. The number of hydrogen-bond acceptors (Lipinski definition) is 24. The van der Waals surface area contributed by atoms with Crippen LogP contribution in [0, 0.1) is 45.3 Å². The molecule has 4 heterocycles. The Bertz CT molecular complexity index is 2020. The molecule has 7 fully saturated rings. The van der Waals surface area contributed by atoms with Gasteiger partial charge in [0.1, 0.15) is 97.7 Å². The Morgan fingerprint density at radius 3 is 1.58 bits per heavy atom. The van der Waals surface area contributed by atoms with E-state index in [1.165, 1.54) is 0 Å². The molecule has 3 saturated carbocycles. The molecule has 452 valence electrons. The van der Waals surface area contributed by atoms with Crippen LogP contribution in [0.3, 0.4) is 0 Å². The predicted octanol–water partition coefficient (Wildman–Crippen LogP) is -3.23. The van der Waals surface area contributed by atoms with Gasteiger partial charge in [0, 0.05) is 10.8 Å². The number of rotatable bonds is 17. The molecule has 0 aromatic rings. The number of fused-ring (bicyclic) bond motifs is 5. The predicted molar refractivity (Wildman–Crippen MR) is 268 cm³/mol. The number of ether oxygens (including phenoxy) is 8. The number of hydrogen-bond donors (Lipinski definition) is 16. The second kappa shape index (κ2) is 23.7. The summed E-state index contributed by atoms with van der Waals surface area (Å²) in [5.74, 6) is 0.236. The van der Waals surface area contributed by atoms with Gasteiger partial charge in [-0.05, 0) is 99.7 Å². The molecule has 0 bridgehead atoms. The lowest BCUT2D eigenvalue weighted by Gasteiger charge is -2.67. The number of aliphatic hydroxyl groups excluding tert-OH is 15. The van der Waals surface area contributed by atoms with Crippen molar-refractivity contribution in [2.24, 2.45) is 45.3 Å². The standard InChI is InChI=1S/C54H92O24/c1-22(9-13-33(51(4,5)70)76-49-45(39(65)36(62)28(20-57)73-49)78-48-42(68)38(64)35(61)27(19-56)72-48)23-15-16-52(6)30-12-10-24-25(54(30,8)31(59)17-53(23,52)7)11-14-32(50(24,2)3)75-46-43(69)40(66)44(29(21-58)74-46)77-47-41(67)37(63)34(60)26(18-55)71-47/h10,22-23,25-49,55-70H,9,11-21H2,1-8H3/t22-,23?,25?,26-,27-,28-,29-,30?,31-,32+,33-,34-,35-,36-,37+,38+,39+,40-,41-,42-,43-,44-,45-,46+,47-,48+,49+,52+,53-,54+/m1/s1. The Balaban J connectivity index is 0.942. The lowest BCUT2D eigenvalue weighted by molar-refractivity contribution is -0.375. The Labute approximate surface area is 455 Å². The zero-order chi connectivity index (χ0) is 57.5. The van der Waals surface area contributed by atoms with E-state index < -0.39 is 184 Å². The third kappa shape index (κ3) is 10.8. The van der Waals surface area contributed by atoms with Crippen LogP contribution in [0.15, 0.2) is 11.6 Å². The number of allylic oxidation sites excluding steroid dienone is 1. The van der Waals surface area contributed by atoms with Gasteiger partial charge in [0.2, 0.25) is 0 Å². The summed E-state index contributed by atoms with van der Waals surface area (Å²) in [6, 6.07) is 0. The van der Waals surface area contributed by atoms with Gasteiger partial charge in [0.25, 0.3) is 0 Å². The molecule has 0 spiro atoms. The van der Waals surface area contributed by atoms with E-state index in [1.54, 1.807) is 13.8 Å². The van der Waals surface area contributed by atoms with Gasteiger partial charge in [0.15, 0.2) is 25.2 Å². The second-order valence-electron chi connectivity index (χ2n) is 25.8. The maximum Gasteiger partial charge on any atom is 0.187 e. The minimum atomic E-state index is -1.85. The van der Waals surface area contributed by atoms with Crippen molar-refractivity contribution in [2.75, 3.05) is 26.4 Å². The van der Waals surface area contributed by atoms with Crippen LogP contribution in [-0.4, -0.2) is 255 Å². The highest BCUT2D eigenvalue weighted by atomic mass is 16.8. The summed E-state index contributed by atoms with van der Waals surface area (Å²) in [5.41, 5.74) is -2.12. The molecule has 0 amide bonds. The quantitative estimate of drug-likeness (QED) is 0.0637. The maximum absolute atomic E-state index is 12.7. The largest absolute Gasteiger partial charge is 0.394 e. The zero-order valence-electron chi connectivity index (χ0n) is 46.1. The molecule has 4 aliphatic heterocycles. The van der Waals surface area contributed by atoms with Crippen LogP contribution in [0.2, 0.25) is 0 Å². The van der Waals surface area contributed by atoms with E-state index in [0.29, 0.717) is 32.1 Å². The monoisotopic (exact) mass is 1120 g/mol. The molecule has 4 saturated heterocycles. The van der Waals surface area contributed by atoms with Crippen molar-refractivity contribution in [3.8, 4) is 0 Å². The van der Waals surface area contributed by atoms with Gasteiger partial charge in [-0.25, -0.2) is 0 Å². The topological polar surface area (TPSA) is 398 Å². The Kier molecular flexibility index (Phi) is 19.1. The van der Waals surface area contributed by atoms with E-state index in [-0.39, 0.29) is 40.9 Å². The fourth-order valence-corrected chi connectivity index (χ4v) is 15.7. The SMILES string of the molecule is C[C@H](CC[C@@H](O[C@@H]1O[C@H](CO)[C@@H](O)[C@H](O)[C@H]1O[C@@H]1O[C@H](CO)[C@@H](O)[C@H](O)[C@H]1O)C(C)(C)O)C1CC[C@@]2(C)C3CC=C4C(CC[C@H](O[C@@H]5O[C@H](CO)[C@@H](O[C@H]6O[C@H](CO)[C@@H](O)[C@H](O)[C@H]6O)[C@H](O)[C@H]5O)C4(C)C)[C@]3(C)[C@H](O)C[C@]12C. The summed E-state index contributed by atoms with van der Waals surface area (Å²) in [7, 11) is 0. The Morgan fingerprint density at radius 2 is 1.04 bits per heavy atom. The first-order valence-electron chi connectivity index (χ1n) is 28.0. The lowest BCUT2D eigenvalue weighted by atomic mass is 9.38. The smallest absolute Gasteiger partial charge is 0.187 e. The highest BCUT2D eigenvalue weighted by Gasteiger charge is 2.70. The van der Waals surface area contributed by atoms with Crippen molar-refractivity contribution < 1.29 is 120 Å². The van der Waals surface area contributed by atoms with Crippen LogP contribution < -0.4 is 0 Å². The lowest BCUT2D eigenvalue weighted by Crippen LogP contribution is -2.66. The minimum Gasteiger partial charge on any atom is -0.394 e. The summed E-state index contributed by atoms with van der Waals surface area (Å²) in [6.07, 6.45) is -27.1. The normalized spacial score (nSPS) is 51.4. The molecular weight excluding hydrogens is 1030 g/mol. The molecule has 0 aromatic heterocycles. The highest BCUT2D eigenvalue weighted by Crippen LogP contribution is 2.75. The van der Waals surface area contributed by atoms with Crippen LogP contribution in [-0.2, 0) is 37.9 Å². The van der Waals surface area contributed by atoms with E-state index in [2.05, 4.69) is 47.6 Å². The summed E-state index contributed by atoms with van der Waals surface area (Å²) in [6.45, 7) is 13.4. The van der Waals surface area contributed by atoms with Crippen molar-refractivity contribution in [3.63, 3.8) is 0 Å². The summed E-state index contributed by atoms with van der Waals surface area (Å²) in [5, 5.41) is 172. The van der Waals surface area contributed by atoms with Crippen LogP contribution in [0.5, 0.6) is 0 Å². The van der Waals surface area contributed by atoms with Gasteiger partial charge in [-0.3, -0.25) is 0 Å². The van der Waals surface area contributed by atoms with Crippen molar-refractivity contribution >= 4 is 0 Å². The van der Waals surface area contributed by atoms with Gasteiger partial charge >= 0.3 is 0 Å². The van der Waals surface area contributed by atoms with Gasteiger partial charge in [-0.1, -0.05) is 53.2 Å². The van der Waals surface area contributed by atoms with E-state index in [1.807, 2.05) is 0 Å². The maximum atomic E-state index is 12.7. The molecule has 4 aliphatic carbocycles. The van der Waals surface area contributed by atoms with Crippen LogP contribution in [0.4, 0.5) is 0 Å². The Morgan fingerprint density at radius 1 is 0.564 bits per heavy atom. The molecule has 0 radical (unpaired) electrons. The highest BCUT2D eigenvalue weighted by molar-refractivity contribution is 5.32. The van der Waals surface area contributed by atoms with Gasteiger partial charge in [-0.15, -0.1) is 0 Å². The Hall–Kier alpha value is -1.22. The average molecular weight is 1130 g/mol. The molecule has 30 atom stereocenters. The minimum absolute atomic E-state index is 0.0338. The first-order valence-corrected chi connectivity index (χ1v) is 28.0. The molecular formula is C54H92O24. The van der Waals surface area contributed by atoms with Crippen molar-refractivity contribution in [1.82, 2.24) is 0 Å². The fourth-order valence-electron chi connectivity index (χ4n) is 15.7. The van der Waals surface area contributed by atoms with Gasteiger partial charge in [-0.2, -0.15) is 0 Å². The molecule has 24 nitrogen and oxygen atoms in total. The fraction of sp³-hybridized carbons (Fsp3) is 0.963. The van der Waals surface area contributed by atoms with Crippen LogP contribution in [0.1, 0.15) is 107 Å². The molecule has 0 aromatic carbocycles. The first-order chi connectivity index (χ1) is 36.5. The summed E-state index contributed by atoms with van der Waals surface area (Å²) < 4.78 is 47.6. The molecule has 16 N–H and O–H groups in total. The van der Waals surface area contributed by atoms with E-state index in [4.69, 9.17) is 37.9 Å².